The number of hydrogen-bond donors (Lipinski definition) is 0. The average Bonchev–Trinajstić information content (AvgIpc) is 2.78. The molecule has 0 fully saturated rings. The van der Waals surface area contributed by atoms with Crippen molar-refractivity contribution in [1.82, 2.24) is 14.8 Å². The summed E-state index contributed by atoms with van der Waals surface area (Å²) in [5.41, 5.74) is -0.156. The molecule has 1 aromatic heterocycles. The molecule has 0 atom stereocenters. The lowest BCUT2D eigenvalue weighted by molar-refractivity contribution is 0.0123. The second-order valence-electron chi connectivity index (χ2n) is 4.69. The molecule has 0 N–H and O–H groups in total. The standard InChI is InChI=1S/C11H18N4OS/c1-5-15-9(12-8(2)13-15)7-17-10-6-11(3,4)16-14-10/h5-7H2,1-4H3. The molecule has 2 heterocycles. The van der Waals surface area contributed by atoms with Gasteiger partial charge in [0.2, 0.25) is 0 Å². The van der Waals surface area contributed by atoms with E-state index in [9.17, 15) is 0 Å². The van der Waals surface area contributed by atoms with Gasteiger partial charge in [-0.25, -0.2) is 9.67 Å². The zero-order valence-electron chi connectivity index (χ0n) is 10.7. The van der Waals surface area contributed by atoms with E-state index in [1.165, 1.54) is 0 Å². The number of aromatic nitrogens is 3. The minimum absolute atomic E-state index is 0.156. The molecule has 6 heteroatoms. The second-order valence-corrected chi connectivity index (χ2v) is 5.74. The Morgan fingerprint density at radius 2 is 2.24 bits per heavy atom. The monoisotopic (exact) mass is 254 g/mol. The molecule has 1 aliphatic heterocycles. The minimum Gasteiger partial charge on any atom is -0.389 e. The maximum atomic E-state index is 5.33. The summed E-state index contributed by atoms with van der Waals surface area (Å²) in [5.74, 6) is 2.63. The average molecular weight is 254 g/mol. The fraction of sp³-hybridized carbons (Fsp3) is 0.727. The van der Waals surface area contributed by atoms with E-state index in [0.717, 1.165) is 35.4 Å². The number of oxime groups is 1. The second kappa shape index (κ2) is 4.68. The van der Waals surface area contributed by atoms with Crippen molar-refractivity contribution in [2.45, 2.75) is 52.0 Å². The number of rotatable bonds is 3. The molecule has 0 bridgehead atoms. The van der Waals surface area contributed by atoms with Gasteiger partial charge in [-0.15, -0.1) is 0 Å². The molecule has 0 spiro atoms. The van der Waals surface area contributed by atoms with Gasteiger partial charge in [0.05, 0.1) is 5.75 Å². The maximum absolute atomic E-state index is 5.33. The van der Waals surface area contributed by atoms with E-state index in [4.69, 9.17) is 4.84 Å². The zero-order chi connectivity index (χ0) is 12.5. The highest BCUT2D eigenvalue weighted by atomic mass is 32.2. The molecule has 0 saturated carbocycles. The van der Waals surface area contributed by atoms with Gasteiger partial charge in [0, 0.05) is 13.0 Å². The van der Waals surface area contributed by atoms with Crippen LogP contribution in [0.5, 0.6) is 0 Å². The summed E-state index contributed by atoms with van der Waals surface area (Å²) in [7, 11) is 0. The van der Waals surface area contributed by atoms with Gasteiger partial charge in [-0.3, -0.25) is 0 Å². The lowest BCUT2D eigenvalue weighted by Gasteiger charge is -2.12. The molecule has 0 unspecified atom stereocenters. The summed E-state index contributed by atoms with van der Waals surface area (Å²) in [6, 6.07) is 0. The third-order valence-corrected chi connectivity index (χ3v) is 3.45. The molecule has 0 saturated heterocycles. The number of nitrogens with zero attached hydrogens (tertiary/aromatic N) is 4. The van der Waals surface area contributed by atoms with Crippen LogP contribution in [0.3, 0.4) is 0 Å². The Kier molecular flexibility index (Phi) is 3.42. The molecule has 0 radical (unpaired) electrons. The van der Waals surface area contributed by atoms with Crippen molar-refractivity contribution in [2.24, 2.45) is 5.16 Å². The molecule has 0 amide bonds. The van der Waals surface area contributed by atoms with Crippen molar-refractivity contribution in [3.8, 4) is 0 Å². The molecule has 5 nitrogen and oxygen atoms in total. The van der Waals surface area contributed by atoms with Crippen molar-refractivity contribution in [3.63, 3.8) is 0 Å². The van der Waals surface area contributed by atoms with Gasteiger partial charge in [0.25, 0.3) is 0 Å². The van der Waals surface area contributed by atoms with Gasteiger partial charge in [-0.05, 0) is 27.7 Å². The van der Waals surface area contributed by atoms with E-state index in [-0.39, 0.29) is 5.60 Å². The lowest BCUT2D eigenvalue weighted by atomic mass is 10.1. The van der Waals surface area contributed by atoms with Crippen LogP contribution in [0.1, 0.15) is 38.8 Å². The minimum atomic E-state index is -0.156. The Morgan fingerprint density at radius 1 is 1.47 bits per heavy atom. The first-order valence-electron chi connectivity index (χ1n) is 5.78. The van der Waals surface area contributed by atoms with Crippen molar-refractivity contribution in [1.29, 1.82) is 0 Å². The van der Waals surface area contributed by atoms with Crippen LogP contribution in [0.4, 0.5) is 0 Å². The molecule has 2 rings (SSSR count). The summed E-state index contributed by atoms with van der Waals surface area (Å²) >= 11 is 1.68. The Morgan fingerprint density at radius 3 is 2.82 bits per heavy atom. The first kappa shape index (κ1) is 12.4. The largest absolute Gasteiger partial charge is 0.389 e. The molecule has 1 aromatic rings. The topological polar surface area (TPSA) is 52.3 Å². The van der Waals surface area contributed by atoms with Crippen LogP contribution in [0, 0.1) is 6.92 Å². The molecule has 0 aromatic carbocycles. The fourth-order valence-corrected chi connectivity index (χ4v) is 2.74. The third kappa shape index (κ3) is 3.00. The van der Waals surface area contributed by atoms with Gasteiger partial charge in [0.1, 0.15) is 22.3 Å². The highest BCUT2D eigenvalue weighted by molar-refractivity contribution is 8.13. The van der Waals surface area contributed by atoms with Gasteiger partial charge in [0.15, 0.2) is 0 Å². The summed E-state index contributed by atoms with van der Waals surface area (Å²) in [4.78, 5) is 9.74. The van der Waals surface area contributed by atoms with Gasteiger partial charge in [-0.2, -0.15) is 5.10 Å². The van der Waals surface area contributed by atoms with E-state index < -0.39 is 0 Å². The third-order valence-electron chi connectivity index (χ3n) is 2.49. The van der Waals surface area contributed by atoms with Gasteiger partial charge in [-0.1, -0.05) is 16.9 Å². The first-order chi connectivity index (χ1) is 8.00. The van der Waals surface area contributed by atoms with Crippen molar-refractivity contribution in [2.75, 3.05) is 0 Å². The number of aryl methyl sites for hydroxylation is 2. The van der Waals surface area contributed by atoms with Crippen LogP contribution in [0.15, 0.2) is 5.16 Å². The Bertz CT molecular complexity index is 439. The Balaban J connectivity index is 1.94. The van der Waals surface area contributed by atoms with Crippen molar-refractivity contribution < 1.29 is 4.84 Å². The van der Waals surface area contributed by atoms with Crippen molar-refractivity contribution in [3.05, 3.63) is 11.6 Å². The van der Waals surface area contributed by atoms with E-state index in [1.807, 2.05) is 25.5 Å². The van der Waals surface area contributed by atoms with E-state index in [1.54, 1.807) is 11.8 Å². The molecule has 94 valence electrons. The van der Waals surface area contributed by atoms with E-state index in [2.05, 4.69) is 22.2 Å². The molecular formula is C11H18N4OS. The summed E-state index contributed by atoms with van der Waals surface area (Å²) in [5, 5.41) is 9.45. The molecule has 0 aliphatic carbocycles. The van der Waals surface area contributed by atoms with Crippen LogP contribution in [-0.2, 0) is 17.1 Å². The maximum Gasteiger partial charge on any atom is 0.147 e. The quantitative estimate of drug-likeness (QED) is 0.831. The van der Waals surface area contributed by atoms with Crippen molar-refractivity contribution >= 4 is 16.8 Å². The molecule has 1 aliphatic rings. The van der Waals surface area contributed by atoms with Crippen LogP contribution >= 0.6 is 11.8 Å². The smallest absolute Gasteiger partial charge is 0.147 e. The highest BCUT2D eigenvalue weighted by Crippen LogP contribution is 2.28. The van der Waals surface area contributed by atoms with E-state index in [0.29, 0.717) is 0 Å². The van der Waals surface area contributed by atoms with E-state index >= 15 is 0 Å². The van der Waals surface area contributed by atoms with Crippen LogP contribution < -0.4 is 0 Å². The normalized spacial score (nSPS) is 18.0. The molecule has 17 heavy (non-hydrogen) atoms. The summed E-state index contributed by atoms with van der Waals surface area (Å²) in [6.07, 6.45) is 0.872. The summed E-state index contributed by atoms with van der Waals surface area (Å²) < 4.78 is 1.93. The predicted molar refractivity (Wildman–Crippen MR) is 68.9 cm³/mol. The Hall–Kier alpha value is -1.04. The lowest BCUT2D eigenvalue weighted by Crippen LogP contribution is -2.18. The van der Waals surface area contributed by atoms with Crippen LogP contribution in [0.25, 0.3) is 0 Å². The molecular weight excluding hydrogens is 236 g/mol. The SMILES string of the molecule is CCn1nc(C)nc1CSC1=NOC(C)(C)C1. The first-order valence-corrected chi connectivity index (χ1v) is 6.77. The summed E-state index contributed by atoms with van der Waals surface area (Å²) in [6.45, 7) is 8.93. The van der Waals surface area contributed by atoms with Crippen LogP contribution in [-0.4, -0.2) is 25.4 Å². The predicted octanol–water partition coefficient (Wildman–Crippen LogP) is 2.35. The van der Waals surface area contributed by atoms with Crippen LogP contribution in [0.2, 0.25) is 0 Å². The highest BCUT2D eigenvalue weighted by Gasteiger charge is 2.29. The van der Waals surface area contributed by atoms with Gasteiger partial charge >= 0.3 is 0 Å². The number of thioether (sulfide) groups is 1. The number of hydrogen-bond acceptors (Lipinski definition) is 5. The zero-order valence-corrected chi connectivity index (χ0v) is 11.5. The van der Waals surface area contributed by atoms with Gasteiger partial charge < -0.3 is 4.84 Å². The Labute approximate surface area is 106 Å². The fourth-order valence-electron chi connectivity index (χ4n) is 1.69.